The Morgan fingerprint density at radius 1 is 0.787 bits per heavy atom. The number of rotatable bonds is 2. The number of fused-ring (bicyclic) bond motifs is 13. The van der Waals surface area contributed by atoms with Crippen molar-refractivity contribution in [1.82, 2.24) is 14.9 Å². The minimum absolute atomic E-state index is 0.0890. The number of nitrogens with one attached hydrogen (secondary N) is 1. The van der Waals surface area contributed by atoms with Gasteiger partial charge in [0.1, 0.15) is 5.54 Å². The van der Waals surface area contributed by atoms with E-state index in [2.05, 4.69) is 62.5 Å². The molecule has 0 radical (unpaired) electrons. The van der Waals surface area contributed by atoms with E-state index in [0.29, 0.717) is 12.1 Å². The minimum atomic E-state index is -1.30. The summed E-state index contributed by atoms with van der Waals surface area (Å²) in [6, 6.07) is 39.8. The van der Waals surface area contributed by atoms with Crippen molar-refractivity contribution in [3.8, 4) is 11.3 Å². The number of hydrogen-bond acceptors (Lipinski definition) is 5. The molecule has 1 saturated heterocycles. The molecular formula is C40H27BrN4O2. The number of para-hydroxylation sites is 3. The van der Waals surface area contributed by atoms with E-state index < -0.39 is 16.9 Å². The van der Waals surface area contributed by atoms with Gasteiger partial charge in [-0.05, 0) is 53.4 Å². The third kappa shape index (κ3) is 3.28. The van der Waals surface area contributed by atoms with Gasteiger partial charge in [0.2, 0.25) is 5.91 Å². The van der Waals surface area contributed by atoms with Crippen molar-refractivity contribution >= 4 is 44.3 Å². The molecule has 1 N–H and O–H groups in total. The first-order valence-corrected chi connectivity index (χ1v) is 16.8. The number of ketones is 1. The molecule has 47 heavy (non-hydrogen) atoms. The standard InChI is InChI=1S/C40H27BrN4O2/c41-25-19-17-24(18-20-25)34(46)35-39(28-12-4-3-11-27(28)33-36(39)43-32-16-8-7-15-31(32)42-33)37-26-10-2-1-9-23(26)21-22-45(37)40(35)29-13-5-6-14-30(29)44-38(40)47/h1-20,35,37H,21-22H2,(H,44,47). The highest BCUT2D eigenvalue weighted by Crippen LogP contribution is 2.72. The largest absolute Gasteiger partial charge is 0.324 e. The minimum Gasteiger partial charge on any atom is -0.324 e. The number of hydrogen-bond donors (Lipinski definition) is 1. The van der Waals surface area contributed by atoms with E-state index in [1.54, 1.807) is 0 Å². The van der Waals surface area contributed by atoms with Gasteiger partial charge in [0.15, 0.2) is 5.78 Å². The number of carbonyl (C=O) groups excluding carboxylic acids is 2. The first kappa shape index (κ1) is 27.2. The van der Waals surface area contributed by atoms with Crippen molar-refractivity contribution < 1.29 is 9.59 Å². The molecule has 1 fully saturated rings. The number of carbonyl (C=O) groups is 2. The topological polar surface area (TPSA) is 75.2 Å². The lowest BCUT2D eigenvalue weighted by molar-refractivity contribution is -0.128. The maximum atomic E-state index is 15.7. The Hall–Kier alpha value is -4.98. The van der Waals surface area contributed by atoms with Crippen LogP contribution in [0.2, 0.25) is 0 Å². The Kier molecular flexibility index (Phi) is 5.51. The zero-order chi connectivity index (χ0) is 31.5. The van der Waals surface area contributed by atoms with Gasteiger partial charge in [-0.1, -0.05) is 107 Å². The quantitative estimate of drug-likeness (QED) is 0.191. The van der Waals surface area contributed by atoms with Crippen molar-refractivity contribution in [3.05, 3.63) is 159 Å². The molecule has 0 bridgehead atoms. The first-order valence-electron chi connectivity index (χ1n) is 16.0. The monoisotopic (exact) mass is 674 g/mol. The molecule has 4 unspecified atom stereocenters. The smallest absolute Gasteiger partial charge is 0.250 e. The highest BCUT2D eigenvalue weighted by atomic mass is 79.9. The fraction of sp³-hybridized carbons (Fsp3) is 0.150. The molecule has 1 amide bonds. The van der Waals surface area contributed by atoms with Crippen LogP contribution in [0.1, 0.15) is 44.3 Å². The molecule has 6 nitrogen and oxygen atoms in total. The number of aromatic nitrogens is 2. The second-order valence-electron chi connectivity index (χ2n) is 12.9. The highest BCUT2D eigenvalue weighted by Gasteiger charge is 2.77. The van der Waals surface area contributed by atoms with Crippen LogP contribution in [0.4, 0.5) is 5.69 Å². The van der Waals surface area contributed by atoms with Crippen molar-refractivity contribution in [1.29, 1.82) is 0 Å². The summed E-state index contributed by atoms with van der Waals surface area (Å²) in [4.78, 5) is 43.8. The van der Waals surface area contributed by atoms with Gasteiger partial charge in [0, 0.05) is 33.4 Å². The van der Waals surface area contributed by atoms with E-state index in [0.717, 1.165) is 61.3 Å². The predicted molar refractivity (Wildman–Crippen MR) is 184 cm³/mol. The van der Waals surface area contributed by atoms with Gasteiger partial charge in [0.25, 0.3) is 0 Å². The van der Waals surface area contributed by atoms with Crippen LogP contribution in [-0.4, -0.2) is 33.1 Å². The molecular weight excluding hydrogens is 648 g/mol. The van der Waals surface area contributed by atoms with Gasteiger partial charge in [-0.15, -0.1) is 0 Å². The van der Waals surface area contributed by atoms with Crippen LogP contribution in [-0.2, 0) is 22.2 Å². The van der Waals surface area contributed by atoms with Gasteiger partial charge in [0.05, 0.1) is 39.8 Å². The number of nitrogens with zero attached hydrogens (tertiary/aromatic N) is 3. The molecule has 3 aliphatic heterocycles. The van der Waals surface area contributed by atoms with Crippen LogP contribution in [0, 0.1) is 5.92 Å². The number of benzene rings is 5. The fourth-order valence-corrected chi connectivity index (χ4v) is 9.59. The second-order valence-corrected chi connectivity index (χ2v) is 13.9. The van der Waals surface area contributed by atoms with Crippen LogP contribution >= 0.6 is 15.9 Å². The van der Waals surface area contributed by atoms with E-state index in [-0.39, 0.29) is 17.7 Å². The number of Topliss-reactive ketones (excluding diaryl/α,β-unsaturated/α-hetero) is 1. The van der Waals surface area contributed by atoms with Gasteiger partial charge >= 0.3 is 0 Å². The van der Waals surface area contributed by atoms with Gasteiger partial charge in [-0.25, -0.2) is 9.97 Å². The van der Waals surface area contributed by atoms with E-state index in [9.17, 15) is 0 Å². The molecule has 1 aromatic heterocycles. The summed E-state index contributed by atoms with van der Waals surface area (Å²) in [5.74, 6) is -1.13. The average molecular weight is 676 g/mol. The molecule has 4 aliphatic rings. The van der Waals surface area contributed by atoms with Crippen molar-refractivity contribution in [2.75, 3.05) is 11.9 Å². The molecule has 6 aromatic rings. The lowest BCUT2D eigenvalue weighted by Gasteiger charge is -2.42. The number of anilines is 1. The maximum absolute atomic E-state index is 15.7. The summed E-state index contributed by atoms with van der Waals surface area (Å²) in [6.07, 6.45) is 0.761. The average Bonchev–Trinajstić information content (AvgIpc) is 3.68. The van der Waals surface area contributed by atoms with Crippen LogP contribution in [0.5, 0.6) is 0 Å². The third-order valence-corrected chi connectivity index (χ3v) is 11.5. The maximum Gasteiger partial charge on any atom is 0.250 e. The van der Waals surface area contributed by atoms with Crippen molar-refractivity contribution in [3.63, 3.8) is 0 Å². The molecule has 5 aromatic carbocycles. The third-order valence-electron chi connectivity index (χ3n) is 11.0. The van der Waals surface area contributed by atoms with E-state index >= 15 is 9.59 Å². The van der Waals surface area contributed by atoms with Crippen LogP contribution in [0.25, 0.3) is 22.3 Å². The van der Waals surface area contributed by atoms with E-state index in [4.69, 9.17) is 9.97 Å². The summed E-state index contributed by atoms with van der Waals surface area (Å²) >= 11 is 3.56. The highest BCUT2D eigenvalue weighted by molar-refractivity contribution is 9.10. The molecule has 7 heteroatoms. The summed E-state index contributed by atoms with van der Waals surface area (Å²) in [5.41, 5.74) is 7.19. The summed E-state index contributed by atoms with van der Waals surface area (Å²) in [5, 5.41) is 3.24. The van der Waals surface area contributed by atoms with Crippen LogP contribution in [0.3, 0.4) is 0 Å². The molecule has 10 rings (SSSR count). The fourth-order valence-electron chi connectivity index (χ4n) is 9.33. The normalized spacial score (nSPS) is 24.9. The van der Waals surface area contributed by atoms with Gasteiger partial charge in [-0.2, -0.15) is 0 Å². The second kappa shape index (κ2) is 9.53. The number of halogens is 1. The summed E-state index contributed by atoms with van der Waals surface area (Å²) in [6.45, 7) is 0.605. The Morgan fingerprint density at radius 3 is 2.30 bits per heavy atom. The predicted octanol–water partition coefficient (Wildman–Crippen LogP) is 7.62. The number of amides is 1. The Bertz CT molecular complexity index is 2340. The lowest BCUT2D eigenvalue weighted by Crippen LogP contribution is -2.55. The zero-order valence-corrected chi connectivity index (χ0v) is 26.7. The molecule has 2 spiro atoms. The lowest BCUT2D eigenvalue weighted by atomic mass is 9.59. The summed E-state index contributed by atoms with van der Waals surface area (Å²) in [7, 11) is 0. The van der Waals surface area contributed by atoms with Crippen LogP contribution < -0.4 is 5.32 Å². The van der Waals surface area contributed by atoms with E-state index in [1.165, 1.54) is 5.56 Å². The van der Waals surface area contributed by atoms with Crippen molar-refractivity contribution in [2.45, 2.75) is 23.4 Å². The van der Waals surface area contributed by atoms with Crippen molar-refractivity contribution in [2.24, 2.45) is 5.92 Å². The summed E-state index contributed by atoms with van der Waals surface area (Å²) < 4.78 is 0.883. The van der Waals surface area contributed by atoms with Gasteiger partial charge < -0.3 is 5.32 Å². The first-order chi connectivity index (χ1) is 23.0. The Balaban J connectivity index is 1.41. The zero-order valence-electron chi connectivity index (χ0n) is 25.2. The molecule has 4 atom stereocenters. The molecule has 1 aliphatic carbocycles. The Morgan fingerprint density at radius 2 is 1.47 bits per heavy atom. The van der Waals surface area contributed by atoms with E-state index in [1.807, 2.05) is 84.9 Å². The van der Waals surface area contributed by atoms with Crippen LogP contribution in [0.15, 0.2) is 126 Å². The molecule has 0 saturated carbocycles. The van der Waals surface area contributed by atoms with Gasteiger partial charge in [-0.3, -0.25) is 14.5 Å². The SMILES string of the molecule is O=C(c1ccc(Br)cc1)C1C2(c3ccccc3-c3nc4ccccc4nc32)C2c3ccccc3CCN2C12C(=O)Nc1ccccc12. The molecule has 226 valence electrons. The Labute approximate surface area is 279 Å². The molecule has 4 heterocycles.